The molecule has 0 fully saturated rings. The van der Waals surface area contributed by atoms with Gasteiger partial charge >= 0.3 is 0 Å². The Morgan fingerprint density at radius 2 is 2.32 bits per heavy atom. The quantitative estimate of drug-likeness (QED) is 0.367. The van der Waals surface area contributed by atoms with E-state index in [9.17, 15) is 9.59 Å². The molecule has 0 saturated heterocycles. The van der Waals surface area contributed by atoms with Crippen molar-refractivity contribution in [3.05, 3.63) is 63.5 Å². The lowest BCUT2D eigenvalue weighted by Gasteiger charge is -2.10. The lowest BCUT2D eigenvalue weighted by Crippen LogP contribution is -2.26. The number of thiophene rings is 1. The molecule has 0 saturated carbocycles. The maximum atomic E-state index is 13.1. The zero-order chi connectivity index (χ0) is 19.5. The Morgan fingerprint density at radius 1 is 1.43 bits per heavy atom. The molecule has 144 valence electrons. The highest BCUT2D eigenvalue weighted by Crippen LogP contribution is 2.35. The molecule has 4 rings (SSSR count). The van der Waals surface area contributed by atoms with E-state index in [4.69, 9.17) is 4.98 Å². The standard InChI is InChI=1S/C20H20N4O2S2/c1-2-9-24-19(26)17-14-6-3-7-15(14)28-18(17)23-20(24)27-12-16(25)22-11-13-5-4-8-21-10-13/h2,4-5,8,10H,1,3,6-7,9,11-12H2,(H,22,25). The summed E-state index contributed by atoms with van der Waals surface area (Å²) in [5.41, 5.74) is 2.08. The summed E-state index contributed by atoms with van der Waals surface area (Å²) >= 11 is 2.90. The number of allylic oxidation sites excluding steroid dienone is 1. The van der Waals surface area contributed by atoms with Gasteiger partial charge in [-0.15, -0.1) is 17.9 Å². The molecule has 0 aliphatic heterocycles. The van der Waals surface area contributed by atoms with Crippen molar-refractivity contribution in [1.82, 2.24) is 19.9 Å². The maximum absolute atomic E-state index is 13.1. The minimum absolute atomic E-state index is 0.0254. The maximum Gasteiger partial charge on any atom is 0.263 e. The van der Waals surface area contributed by atoms with Crippen LogP contribution in [0.3, 0.4) is 0 Å². The molecule has 0 spiro atoms. The third-order valence-electron chi connectivity index (χ3n) is 4.65. The van der Waals surface area contributed by atoms with E-state index in [2.05, 4.69) is 16.9 Å². The Balaban J connectivity index is 1.53. The first-order chi connectivity index (χ1) is 13.7. The SMILES string of the molecule is C=CCn1c(SCC(=O)NCc2cccnc2)nc2sc3c(c2c1=O)CCC3. The van der Waals surface area contributed by atoms with Crippen LogP contribution < -0.4 is 10.9 Å². The van der Waals surface area contributed by atoms with Crippen molar-refractivity contribution in [2.45, 2.75) is 37.5 Å². The van der Waals surface area contributed by atoms with Gasteiger partial charge in [-0.1, -0.05) is 23.9 Å². The number of pyridine rings is 1. The van der Waals surface area contributed by atoms with Crippen molar-refractivity contribution in [1.29, 1.82) is 0 Å². The molecule has 0 unspecified atom stereocenters. The van der Waals surface area contributed by atoms with E-state index >= 15 is 0 Å². The second-order valence-corrected chi connectivity index (χ2v) is 8.59. The molecule has 6 nitrogen and oxygen atoms in total. The van der Waals surface area contributed by atoms with Crippen molar-refractivity contribution < 1.29 is 4.79 Å². The topological polar surface area (TPSA) is 76.9 Å². The Morgan fingerprint density at radius 3 is 3.11 bits per heavy atom. The normalized spacial score (nSPS) is 12.9. The number of fused-ring (bicyclic) bond motifs is 3. The highest BCUT2D eigenvalue weighted by molar-refractivity contribution is 7.99. The van der Waals surface area contributed by atoms with Crippen LogP contribution in [0.2, 0.25) is 0 Å². The lowest BCUT2D eigenvalue weighted by atomic mass is 10.2. The van der Waals surface area contributed by atoms with Gasteiger partial charge in [-0.2, -0.15) is 0 Å². The Hall–Kier alpha value is -2.45. The summed E-state index contributed by atoms with van der Waals surface area (Å²) in [4.78, 5) is 36.1. The van der Waals surface area contributed by atoms with E-state index in [1.807, 2.05) is 12.1 Å². The number of carbonyl (C=O) groups is 1. The van der Waals surface area contributed by atoms with Crippen LogP contribution >= 0.6 is 23.1 Å². The summed E-state index contributed by atoms with van der Waals surface area (Å²) in [7, 11) is 0. The first kappa shape index (κ1) is 18.9. The van der Waals surface area contributed by atoms with Gasteiger partial charge in [0.2, 0.25) is 5.91 Å². The van der Waals surface area contributed by atoms with Gasteiger partial charge in [0.1, 0.15) is 4.83 Å². The highest BCUT2D eigenvalue weighted by Gasteiger charge is 2.23. The summed E-state index contributed by atoms with van der Waals surface area (Å²) in [6.45, 7) is 4.57. The first-order valence-electron chi connectivity index (χ1n) is 9.11. The Labute approximate surface area is 170 Å². The van der Waals surface area contributed by atoms with Crippen LogP contribution in [0.5, 0.6) is 0 Å². The minimum Gasteiger partial charge on any atom is -0.351 e. The number of amides is 1. The second-order valence-electron chi connectivity index (χ2n) is 6.56. The summed E-state index contributed by atoms with van der Waals surface area (Å²) in [5.74, 6) is 0.0856. The summed E-state index contributed by atoms with van der Waals surface area (Å²) in [6, 6.07) is 3.75. The van der Waals surface area contributed by atoms with Gasteiger partial charge < -0.3 is 5.32 Å². The number of thioether (sulfide) groups is 1. The zero-order valence-electron chi connectivity index (χ0n) is 15.3. The van der Waals surface area contributed by atoms with E-state index in [0.29, 0.717) is 18.2 Å². The molecule has 1 amide bonds. The number of hydrogen-bond donors (Lipinski definition) is 1. The molecule has 1 N–H and O–H groups in total. The molecule has 0 atom stereocenters. The molecule has 8 heteroatoms. The van der Waals surface area contributed by atoms with Crippen LogP contribution in [-0.2, 0) is 30.7 Å². The van der Waals surface area contributed by atoms with Gasteiger partial charge in [-0.25, -0.2) is 4.98 Å². The molecular formula is C20H20N4O2S2. The van der Waals surface area contributed by atoms with Crippen LogP contribution in [0.1, 0.15) is 22.4 Å². The third kappa shape index (κ3) is 3.74. The molecule has 3 aromatic heterocycles. The number of rotatable bonds is 7. The molecule has 3 aromatic rings. The minimum atomic E-state index is -0.109. The molecular weight excluding hydrogens is 392 g/mol. The summed E-state index contributed by atoms with van der Waals surface area (Å²) in [5, 5.41) is 4.19. The van der Waals surface area contributed by atoms with Gasteiger partial charge in [-0.05, 0) is 36.5 Å². The van der Waals surface area contributed by atoms with Crippen LogP contribution in [0.4, 0.5) is 0 Å². The van der Waals surface area contributed by atoms with Gasteiger partial charge in [-0.3, -0.25) is 19.1 Å². The highest BCUT2D eigenvalue weighted by atomic mass is 32.2. The van der Waals surface area contributed by atoms with Crippen LogP contribution in [-0.4, -0.2) is 26.2 Å². The zero-order valence-corrected chi connectivity index (χ0v) is 16.9. The number of hydrogen-bond acceptors (Lipinski definition) is 6. The summed E-state index contributed by atoms with van der Waals surface area (Å²) < 4.78 is 1.62. The van der Waals surface area contributed by atoms with Crippen LogP contribution in [0.25, 0.3) is 10.2 Å². The average Bonchev–Trinajstić information content (AvgIpc) is 3.29. The predicted octanol–water partition coefficient (Wildman–Crippen LogP) is 2.94. The smallest absolute Gasteiger partial charge is 0.263 e. The van der Waals surface area contributed by atoms with E-state index in [0.717, 1.165) is 35.0 Å². The van der Waals surface area contributed by atoms with Gasteiger partial charge in [0.25, 0.3) is 5.56 Å². The molecule has 0 radical (unpaired) electrons. The van der Waals surface area contributed by atoms with Crippen LogP contribution in [0, 0.1) is 0 Å². The number of nitrogens with zero attached hydrogens (tertiary/aromatic N) is 3. The van der Waals surface area contributed by atoms with Crippen molar-refractivity contribution in [3.8, 4) is 0 Å². The van der Waals surface area contributed by atoms with Crippen molar-refractivity contribution in [2.75, 3.05) is 5.75 Å². The fourth-order valence-corrected chi connectivity index (χ4v) is 5.48. The van der Waals surface area contributed by atoms with Crippen molar-refractivity contribution in [2.24, 2.45) is 0 Å². The van der Waals surface area contributed by atoms with Gasteiger partial charge in [0.05, 0.1) is 11.1 Å². The molecule has 28 heavy (non-hydrogen) atoms. The van der Waals surface area contributed by atoms with Crippen LogP contribution in [0.15, 0.2) is 47.1 Å². The van der Waals surface area contributed by atoms with E-state index in [1.165, 1.54) is 22.2 Å². The molecule has 1 aliphatic carbocycles. The first-order valence-corrected chi connectivity index (χ1v) is 10.9. The van der Waals surface area contributed by atoms with E-state index in [-0.39, 0.29) is 17.2 Å². The molecule has 0 aromatic carbocycles. The van der Waals surface area contributed by atoms with E-state index < -0.39 is 0 Å². The lowest BCUT2D eigenvalue weighted by molar-refractivity contribution is -0.118. The average molecular weight is 413 g/mol. The Bertz CT molecular complexity index is 1090. The summed E-state index contributed by atoms with van der Waals surface area (Å²) in [6.07, 6.45) is 8.18. The van der Waals surface area contributed by atoms with Gasteiger partial charge in [0, 0.05) is 30.4 Å². The van der Waals surface area contributed by atoms with Gasteiger partial charge in [0.15, 0.2) is 5.16 Å². The third-order valence-corrected chi connectivity index (χ3v) is 6.81. The molecule has 1 aliphatic rings. The number of carbonyl (C=O) groups excluding carboxylic acids is 1. The fourth-order valence-electron chi connectivity index (χ4n) is 3.34. The Kier molecular flexibility index (Phi) is 5.59. The monoisotopic (exact) mass is 412 g/mol. The number of aryl methyl sites for hydroxylation is 2. The molecule has 0 bridgehead atoms. The van der Waals surface area contributed by atoms with E-state index in [1.54, 1.807) is 34.4 Å². The number of nitrogens with one attached hydrogen (secondary N) is 1. The predicted molar refractivity (Wildman–Crippen MR) is 113 cm³/mol. The number of aromatic nitrogens is 3. The van der Waals surface area contributed by atoms with Crippen molar-refractivity contribution in [3.63, 3.8) is 0 Å². The largest absolute Gasteiger partial charge is 0.351 e. The molecule has 3 heterocycles. The second kappa shape index (κ2) is 8.28. The fraction of sp³-hybridized carbons (Fsp3) is 0.300. The van der Waals surface area contributed by atoms with Crippen molar-refractivity contribution >= 4 is 39.2 Å².